The Hall–Kier alpha value is -2.45. The van der Waals surface area contributed by atoms with E-state index in [1.165, 1.54) is 12.4 Å². The fourth-order valence-electron chi connectivity index (χ4n) is 3.19. The Balaban J connectivity index is 1.52. The highest BCUT2D eigenvalue weighted by Gasteiger charge is 2.25. The number of halogens is 1. The highest BCUT2D eigenvalue weighted by Crippen LogP contribution is 2.39. The number of rotatable bonds is 4. The first-order valence-corrected chi connectivity index (χ1v) is 9.80. The topological polar surface area (TPSA) is 80.2 Å². The fraction of sp³-hybridized carbons (Fsp3) is 0.333. The third-order valence-electron chi connectivity index (χ3n) is 4.49. The number of nitrogens with zero attached hydrogens (tertiary/aromatic N) is 4. The first-order valence-electron chi connectivity index (χ1n) is 8.60. The van der Waals surface area contributed by atoms with Crippen molar-refractivity contribution in [2.24, 2.45) is 0 Å². The number of hydrogen-bond donors (Lipinski definition) is 1. The van der Waals surface area contributed by atoms with Gasteiger partial charge in [0.25, 0.3) is 5.91 Å². The summed E-state index contributed by atoms with van der Waals surface area (Å²) >= 11 is 7.88. The van der Waals surface area contributed by atoms with E-state index in [0.29, 0.717) is 23.0 Å². The van der Waals surface area contributed by atoms with Crippen LogP contribution in [0, 0.1) is 0 Å². The standard InChI is InChI=1S/C18H18ClN5O2S/c1-26-14-5-4-12(19)16-15(14)23-18(27-16)24-8-2-3-11(10-24)22-17(25)13-9-20-6-7-21-13/h4-7,9,11H,2-3,8,10H2,1H3,(H,22,25). The van der Waals surface area contributed by atoms with E-state index in [0.717, 1.165) is 34.7 Å². The van der Waals surface area contributed by atoms with E-state index in [1.807, 2.05) is 12.1 Å². The monoisotopic (exact) mass is 403 g/mol. The van der Waals surface area contributed by atoms with E-state index in [-0.39, 0.29) is 11.9 Å². The average Bonchev–Trinajstić information content (AvgIpc) is 3.16. The lowest BCUT2D eigenvalue weighted by atomic mass is 10.1. The van der Waals surface area contributed by atoms with Gasteiger partial charge in [0.2, 0.25) is 0 Å². The third-order valence-corrected chi connectivity index (χ3v) is 6.07. The molecule has 9 heteroatoms. The molecule has 1 N–H and O–H groups in total. The van der Waals surface area contributed by atoms with E-state index >= 15 is 0 Å². The molecule has 0 radical (unpaired) electrons. The number of methoxy groups -OCH3 is 1. The molecule has 1 aliphatic heterocycles. The van der Waals surface area contributed by atoms with Crippen molar-refractivity contribution in [2.75, 3.05) is 25.1 Å². The van der Waals surface area contributed by atoms with Crippen LogP contribution in [-0.2, 0) is 0 Å². The minimum Gasteiger partial charge on any atom is -0.494 e. The van der Waals surface area contributed by atoms with Gasteiger partial charge < -0.3 is 15.0 Å². The maximum atomic E-state index is 12.3. The van der Waals surface area contributed by atoms with Crippen molar-refractivity contribution in [3.63, 3.8) is 0 Å². The zero-order valence-electron chi connectivity index (χ0n) is 14.7. The summed E-state index contributed by atoms with van der Waals surface area (Å²) in [6.45, 7) is 1.57. The lowest BCUT2D eigenvalue weighted by molar-refractivity contribution is 0.0927. The SMILES string of the molecule is COc1ccc(Cl)c2sc(N3CCCC(NC(=O)c4cnccn4)C3)nc12. The summed E-state index contributed by atoms with van der Waals surface area (Å²) in [6, 6.07) is 3.68. The molecule has 0 saturated carbocycles. The summed E-state index contributed by atoms with van der Waals surface area (Å²) < 4.78 is 6.32. The number of thiazole rings is 1. The average molecular weight is 404 g/mol. The molecule has 1 aromatic carbocycles. The fourth-order valence-corrected chi connectivity index (χ4v) is 4.48. The van der Waals surface area contributed by atoms with E-state index in [9.17, 15) is 4.79 Å². The van der Waals surface area contributed by atoms with Gasteiger partial charge in [0.15, 0.2) is 5.13 Å². The zero-order valence-corrected chi connectivity index (χ0v) is 16.3. The molecule has 0 spiro atoms. The van der Waals surface area contributed by atoms with Gasteiger partial charge in [0.05, 0.1) is 23.0 Å². The predicted molar refractivity (Wildman–Crippen MR) is 106 cm³/mol. The Bertz CT molecular complexity index is 965. The minimum absolute atomic E-state index is 0.0256. The maximum Gasteiger partial charge on any atom is 0.271 e. The molecule has 2 aromatic heterocycles. The molecule has 4 rings (SSSR count). The van der Waals surface area contributed by atoms with Gasteiger partial charge in [-0.25, -0.2) is 9.97 Å². The van der Waals surface area contributed by atoms with Crippen LogP contribution in [0.25, 0.3) is 10.2 Å². The second kappa shape index (κ2) is 7.66. The molecular formula is C18H18ClN5O2S. The van der Waals surface area contributed by atoms with Crippen LogP contribution < -0.4 is 15.0 Å². The minimum atomic E-state index is -0.205. The molecule has 27 heavy (non-hydrogen) atoms. The van der Waals surface area contributed by atoms with Crippen molar-refractivity contribution in [1.29, 1.82) is 0 Å². The number of carbonyl (C=O) groups is 1. The first kappa shape index (κ1) is 17.9. The number of carbonyl (C=O) groups excluding carboxylic acids is 1. The van der Waals surface area contributed by atoms with Gasteiger partial charge in [-0.05, 0) is 25.0 Å². The number of hydrogen-bond acceptors (Lipinski definition) is 7. The number of ether oxygens (including phenoxy) is 1. The van der Waals surface area contributed by atoms with Crippen LogP contribution >= 0.6 is 22.9 Å². The number of benzene rings is 1. The van der Waals surface area contributed by atoms with Crippen LogP contribution in [0.4, 0.5) is 5.13 Å². The Labute approximate surface area is 165 Å². The van der Waals surface area contributed by atoms with Crippen LogP contribution in [0.1, 0.15) is 23.3 Å². The highest BCUT2D eigenvalue weighted by molar-refractivity contribution is 7.22. The second-order valence-electron chi connectivity index (χ2n) is 6.27. The summed E-state index contributed by atoms with van der Waals surface area (Å²) in [7, 11) is 1.63. The summed E-state index contributed by atoms with van der Waals surface area (Å²) in [4.78, 5) is 27.3. The van der Waals surface area contributed by atoms with Gasteiger partial charge in [-0.1, -0.05) is 22.9 Å². The van der Waals surface area contributed by atoms with E-state index in [2.05, 4.69) is 20.2 Å². The normalized spacial score (nSPS) is 17.1. The van der Waals surface area contributed by atoms with Crippen LogP contribution in [0.15, 0.2) is 30.7 Å². The summed E-state index contributed by atoms with van der Waals surface area (Å²) in [5, 5.41) is 4.60. The second-order valence-corrected chi connectivity index (χ2v) is 7.66. The van der Waals surface area contributed by atoms with Crippen molar-refractivity contribution in [3.8, 4) is 5.75 Å². The van der Waals surface area contributed by atoms with Crippen molar-refractivity contribution in [1.82, 2.24) is 20.3 Å². The van der Waals surface area contributed by atoms with Crippen LogP contribution in [0.3, 0.4) is 0 Å². The molecule has 1 saturated heterocycles. The number of anilines is 1. The predicted octanol–water partition coefficient (Wildman–Crippen LogP) is 3.15. The van der Waals surface area contributed by atoms with Gasteiger partial charge in [-0.2, -0.15) is 0 Å². The lowest BCUT2D eigenvalue weighted by Gasteiger charge is -2.32. The van der Waals surface area contributed by atoms with Gasteiger partial charge in [-0.3, -0.25) is 9.78 Å². The van der Waals surface area contributed by atoms with E-state index in [1.54, 1.807) is 24.6 Å². The number of amides is 1. The molecule has 1 amide bonds. The molecule has 140 valence electrons. The first-order chi connectivity index (χ1) is 13.2. The number of fused-ring (bicyclic) bond motifs is 1. The van der Waals surface area contributed by atoms with Gasteiger partial charge in [0, 0.05) is 31.5 Å². The number of piperidine rings is 1. The smallest absolute Gasteiger partial charge is 0.271 e. The Kier molecular flexibility index (Phi) is 5.09. The van der Waals surface area contributed by atoms with Crippen molar-refractivity contribution in [3.05, 3.63) is 41.4 Å². The van der Waals surface area contributed by atoms with Crippen LogP contribution in [0.2, 0.25) is 5.02 Å². The van der Waals surface area contributed by atoms with Gasteiger partial charge in [0.1, 0.15) is 17.0 Å². The van der Waals surface area contributed by atoms with Gasteiger partial charge in [-0.15, -0.1) is 0 Å². The van der Waals surface area contributed by atoms with Crippen molar-refractivity contribution >= 4 is 44.2 Å². The number of nitrogens with one attached hydrogen (secondary N) is 1. The molecule has 0 bridgehead atoms. The summed E-state index contributed by atoms with van der Waals surface area (Å²) in [6.07, 6.45) is 6.41. The molecular weight excluding hydrogens is 386 g/mol. The Morgan fingerprint density at radius 1 is 1.41 bits per heavy atom. The molecule has 1 unspecified atom stereocenters. The highest BCUT2D eigenvalue weighted by atomic mass is 35.5. The molecule has 1 aliphatic rings. The largest absolute Gasteiger partial charge is 0.494 e. The van der Waals surface area contributed by atoms with Crippen molar-refractivity contribution < 1.29 is 9.53 Å². The molecule has 3 heterocycles. The molecule has 0 aliphatic carbocycles. The molecule has 3 aromatic rings. The molecule has 1 atom stereocenters. The van der Waals surface area contributed by atoms with Gasteiger partial charge >= 0.3 is 0 Å². The van der Waals surface area contributed by atoms with E-state index in [4.69, 9.17) is 21.3 Å². The third kappa shape index (κ3) is 3.68. The molecule has 7 nitrogen and oxygen atoms in total. The number of aromatic nitrogens is 3. The Morgan fingerprint density at radius 3 is 3.07 bits per heavy atom. The molecule has 1 fully saturated rings. The lowest BCUT2D eigenvalue weighted by Crippen LogP contribution is -2.48. The quantitative estimate of drug-likeness (QED) is 0.720. The maximum absolute atomic E-state index is 12.3. The van der Waals surface area contributed by atoms with E-state index < -0.39 is 0 Å². The van der Waals surface area contributed by atoms with Crippen molar-refractivity contribution in [2.45, 2.75) is 18.9 Å². The Morgan fingerprint density at radius 2 is 2.30 bits per heavy atom. The van der Waals surface area contributed by atoms with Crippen LogP contribution in [-0.4, -0.2) is 47.1 Å². The van der Waals surface area contributed by atoms with Crippen LogP contribution in [0.5, 0.6) is 5.75 Å². The summed E-state index contributed by atoms with van der Waals surface area (Å²) in [5.74, 6) is 0.505. The zero-order chi connectivity index (χ0) is 18.8. The summed E-state index contributed by atoms with van der Waals surface area (Å²) in [5.41, 5.74) is 1.10.